The van der Waals surface area contributed by atoms with E-state index in [0.717, 1.165) is 30.5 Å². The Hall–Kier alpha value is -3.69. The zero-order valence-electron chi connectivity index (χ0n) is 14.1. The van der Waals surface area contributed by atoms with Gasteiger partial charge in [-0.05, 0) is 24.3 Å². The molecule has 0 bridgehead atoms. The number of halogens is 3. The Balaban J connectivity index is 1.64. The minimum absolute atomic E-state index is 0.0190. The Morgan fingerprint density at radius 2 is 1.86 bits per heavy atom. The maximum Gasteiger partial charge on any atom is 0.306 e. The number of anilines is 1. The Labute approximate surface area is 156 Å². The zero-order valence-corrected chi connectivity index (χ0v) is 14.1. The largest absolute Gasteiger partial charge is 0.441 e. The van der Waals surface area contributed by atoms with Crippen molar-refractivity contribution in [3.05, 3.63) is 76.1 Å². The summed E-state index contributed by atoms with van der Waals surface area (Å²) in [6, 6.07) is 6.33. The summed E-state index contributed by atoms with van der Waals surface area (Å²) >= 11 is 0. The summed E-state index contributed by atoms with van der Waals surface area (Å²) in [6.07, 6.45) is 1.05. The van der Waals surface area contributed by atoms with Crippen LogP contribution in [0.5, 0.6) is 0 Å². The van der Waals surface area contributed by atoms with Crippen LogP contribution < -0.4 is 5.32 Å². The number of aryl methyl sites for hydroxylation is 1. The summed E-state index contributed by atoms with van der Waals surface area (Å²) in [7, 11) is 0. The van der Waals surface area contributed by atoms with Gasteiger partial charge in [-0.15, -0.1) is 0 Å². The van der Waals surface area contributed by atoms with E-state index in [1.54, 1.807) is 0 Å². The van der Waals surface area contributed by atoms with Crippen LogP contribution in [0.3, 0.4) is 0 Å². The van der Waals surface area contributed by atoms with E-state index in [-0.39, 0.29) is 35.7 Å². The molecule has 0 unspecified atom stereocenters. The average molecular weight is 391 g/mol. The summed E-state index contributed by atoms with van der Waals surface area (Å²) in [5, 5.41) is 13.1. The number of aromatic nitrogens is 1. The van der Waals surface area contributed by atoms with Crippen molar-refractivity contribution in [1.82, 2.24) is 4.98 Å². The molecule has 2 aromatic carbocycles. The van der Waals surface area contributed by atoms with Crippen LogP contribution in [0, 0.1) is 27.6 Å². The number of benzene rings is 2. The first-order valence-corrected chi connectivity index (χ1v) is 7.98. The minimum Gasteiger partial charge on any atom is -0.441 e. The van der Waals surface area contributed by atoms with Crippen LogP contribution in [0.4, 0.5) is 24.5 Å². The molecule has 10 heteroatoms. The van der Waals surface area contributed by atoms with E-state index in [9.17, 15) is 28.1 Å². The molecule has 28 heavy (non-hydrogen) atoms. The number of oxazole rings is 1. The Morgan fingerprint density at radius 1 is 1.14 bits per heavy atom. The Bertz CT molecular complexity index is 1030. The second kappa shape index (κ2) is 7.91. The van der Waals surface area contributed by atoms with E-state index < -0.39 is 34.0 Å². The molecule has 0 spiro atoms. The van der Waals surface area contributed by atoms with E-state index in [0.29, 0.717) is 0 Å². The van der Waals surface area contributed by atoms with Crippen LogP contribution >= 0.6 is 0 Å². The smallest absolute Gasteiger partial charge is 0.306 e. The molecule has 3 aromatic rings. The van der Waals surface area contributed by atoms with E-state index in [1.807, 2.05) is 0 Å². The highest BCUT2D eigenvalue weighted by molar-refractivity contribution is 5.91. The second-order valence-corrected chi connectivity index (χ2v) is 5.69. The molecule has 3 rings (SSSR count). The molecule has 0 aliphatic heterocycles. The number of nitro benzene ring substituents is 1. The molecule has 1 aromatic heterocycles. The first kappa shape index (κ1) is 19.1. The molecule has 0 fully saturated rings. The summed E-state index contributed by atoms with van der Waals surface area (Å²) < 4.78 is 46.1. The molecule has 1 heterocycles. The lowest BCUT2D eigenvalue weighted by atomic mass is 10.1. The topological polar surface area (TPSA) is 98.3 Å². The maximum absolute atomic E-state index is 13.8. The summed E-state index contributed by atoms with van der Waals surface area (Å²) in [5.41, 5.74) is -1.06. The van der Waals surface area contributed by atoms with Gasteiger partial charge in [0, 0.05) is 24.6 Å². The fourth-order valence-electron chi connectivity index (χ4n) is 2.45. The highest BCUT2D eigenvalue weighted by atomic mass is 19.1. The molecule has 0 saturated carbocycles. The zero-order chi connectivity index (χ0) is 20.3. The molecule has 0 aliphatic carbocycles. The molecule has 7 nitrogen and oxygen atoms in total. The van der Waals surface area contributed by atoms with Gasteiger partial charge in [-0.3, -0.25) is 14.9 Å². The molecular weight excluding hydrogens is 379 g/mol. The lowest BCUT2D eigenvalue weighted by Gasteiger charge is -2.04. The van der Waals surface area contributed by atoms with Crippen molar-refractivity contribution in [2.75, 3.05) is 5.32 Å². The van der Waals surface area contributed by atoms with Gasteiger partial charge in [0.15, 0.2) is 11.7 Å². The molecule has 1 amide bonds. The monoisotopic (exact) mass is 391 g/mol. The van der Waals surface area contributed by atoms with Gasteiger partial charge in [-0.1, -0.05) is 6.07 Å². The van der Waals surface area contributed by atoms with Crippen LogP contribution in [-0.2, 0) is 11.2 Å². The number of carbonyl (C=O) groups is 1. The normalized spacial score (nSPS) is 10.7. The van der Waals surface area contributed by atoms with Crippen LogP contribution in [0.2, 0.25) is 0 Å². The molecular formula is C18H12F3N3O4. The number of nitrogens with one attached hydrogen (secondary N) is 1. The van der Waals surface area contributed by atoms with E-state index in [2.05, 4.69) is 10.3 Å². The van der Waals surface area contributed by atoms with Crippen molar-refractivity contribution >= 4 is 17.3 Å². The van der Waals surface area contributed by atoms with Crippen LogP contribution in [-0.4, -0.2) is 15.8 Å². The lowest BCUT2D eigenvalue weighted by Crippen LogP contribution is -2.12. The van der Waals surface area contributed by atoms with Gasteiger partial charge < -0.3 is 9.73 Å². The van der Waals surface area contributed by atoms with E-state index >= 15 is 0 Å². The maximum atomic E-state index is 13.8. The minimum atomic E-state index is -1.02. The SMILES string of the molecule is O=C(CCc1ncc(-c2c(F)cccc2F)o1)Nc1ccc(F)c([N+](=O)[O-])c1. The van der Waals surface area contributed by atoms with Gasteiger partial charge in [0.1, 0.15) is 11.6 Å². The number of carbonyl (C=O) groups excluding carboxylic acids is 1. The number of amides is 1. The van der Waals surface area contributed by atoms with E-state index in [1.165, 1.54) is 12.1 Å². The molecule has 144 valence electrons. The highest BCUT2D eigenvalue weighted by Gasteiger charge is 2.17. The highest BCUT2D eigenvalue weighted by Crippen LogP contribution is 2.27. The van der Waals surface area contributed by atoms with Gasteiger partial charge in [0.25, 0.3) is 0 Å². The average Bonchev–Trinajstić information content (AvgIpc) is 3.10. The lowest BCUT2D eigenvalue weighted by molar-refractivity contribution is -0.387. The second-order valence-electron chi connectivity index (χ2n) is 5.69. The molecule has 0 radical (unpaired) electrons. The van der Waals surface area contributed by atoms with Crippen LogP contribution in [0.15, 0.2) is 47.0 Å². The Kier molecular flexibility index (Phi) is 5.39. The van der Waals surface area contributed by atoms with Crippen molar-refractivity contribution in [3.8, 4) is 11.3 Å². The van der Waals surface area contributed by atoms with Crippen molar-refractivity contribution in [3.63, 3.8) is 0 Å². The molecule has 0 atom stereocenters. The van der Waals surface area contributed by atoms with Gasteiger partial charge in [0.05, 0.1) is 16.7 Å². The number of nitro groups is 1. The van der Waals surface area contributed by atoms with Crippen molar-refractivity contribution < 1.29 is 27.3 Å². The fraction of sp³-hybridized carbons (Fsp3) is 0.111. The molecule has 0 aliphatic rings. The molecule has 1 N–H and O–H groups in total. The number of nitrogens with zero attached hydrogens (tertiary/aromatic N) is 2. The Morgan fingerprint density at radius 3 is 2.54 bits per heavy atom. The summed E-state index contributed by atoms with van der Waals surface area (Å²) in [5.74, 6) is -3.19. The van der Waals surface area contributed by atoms with Crippen molar-refractivity contribution in [2.24, 2.45) is 0 Å². The standard InChI is InChI=1S/C18H12F3N3O4/c19-11-5-4-10(8-14(11)24(26)27)23-16(25)6-7-17-22-9-15(28-17)18-12(20)2-1-3-13(18)21/h1-5,8-9H,6-7H2,(H,23,25). The third-order valence-electron chi connectivity index (χ3n) is 3.76. The predicted octanol–water partition coefficient (Wildman–Crippen LogP) is 4.24. The predicted molar refractivity (Wildman–Crippen MR) is 91.9 cm³/mol. The number of hydrogen-bond donors (Lipinski definition) is 1. The van der Waals surface area contributed by atoms with Gasteiger partial charge in [-0.2, -0.15) is 4.39 Å². The van der Waals surface area contributed by atoms with Crippen molar-refractivity contribution in [1.29, 1.82) is 0 Å². The van der Waals surface area contributed by atoms with Gasteiger partial charge in [0.2, 0.25) is 11.7 Å². The van der Waals surface area contributed by atoms with Gasteiger partial charge in [-0.25, -0.2) is 13.8 Å². The third-order valence-corrected chi connectivity index (χ3v) is 3.76. The first-order chi connectivity index (χ1) is 13.3. The van der Waals surface area contributed by atoms with Crippen molar-refractivity contribution in [2.45, 2.75) is 12.8 Å². The number of hydrogen-bond acceptors (Lipinski definition) is 5. The quantitative estimate of drug-likeness (QED) is 0.501. The van der Waals surface area contributed by atoms with Crippen LogP contribution in [0.1, 0.15) is 12.3 Å². The summed E-state index contributed by atoms with van der Waals surface area (Å²) in [6.45, 7) is 0. The summed E-state index contributed by atoms with van der Waals surface area (Å²) in [4.78, 5) is 25.7. The third kappa shape index (κ3) is 4.17. The van der Waals surface area contributed by atoms with Gasteiger partial charge >= 0.3 is 5.69 Å². The molecule has 0 saturated heterocycles. The number of rotatable bonds is 6. The first-order valence-electron chi connectivity index (χ1n) is 7.98. The van der Waals surface area contributed by atoms with Crippen LogP contribution in [0.25, 0.3) is 11.3 Å². The fourth-order valence-corrected chi connectivity index (χ4v) is 2.45. The van der Waals surface area contributed by atoms with E-state index in [4.69, 9.17) is 4.42 Å².